The first kappa shape index (κ1) is 8.50. The van der Waals surface area contributed by atoms with E-state index in [9.17, 15) is 9.18 Å². The molecule has 1 aliphatic heterocycles. The molecular weight excluding hydrogens is 145 g/mol. The zero-order valence-corrected chi connectivity index (χ0v) is 7.15. The molecule has 2 atom stereocenters. The molecule has 0 saturated carbocycles. The normalized spacial score (nSPS) is 32.2. The molecule has 1 saturated heterocycles. The van der Waals surface area contributed by atoms with Crippen LogP contribution in [0.25, 0.3) is 0 Å². The highest BCUT2D eigenvalue weighted by molar-refractivity contribution is 5.83. The van der Waals surface area contributed by atoms with Crippen LogP contribution in [0, 0.1) is 11.3 Å². The third kappa shape index (κ3) is 1.52. The Balaban J connectivity index is 2.70. The third-order valence-corrected chi connectivity index (χ3v) is 2.21. The van der Waals surface area contributed by atoms with Crippen LogP contribution >= 0.6 is 0 Å². The van der Waals surface area contributed by atoms with Gasteiger partial charge in [-0.15, -0.1) is 0 Å². The van der Waals surface area contributed by atoms with E-state index in [1.807, 2.05) is 20.8 Å². The topological polar surface area (TPSA) is 29.1 Å². The number of rotatable bonds is 0. The maximum absolute atomic E-state index is 13.1. The Kier molecular flexibility index (Phi) is 1.90. The SMILES string of the molecule is CC(C)(C)[C@@H]1CNC(=O)[C@H]1F. The molecule has 1 rings (SSSR count). The molecule has 0 bridgehead atoms. The summed E-state index contributed by atoms with van der Waals surface area (Å²) in [5.41, 5.74) is -0.126. The molecule has 1 amide bonds. The van der Waals surface area contributed by atoms with E-state index in [1.165, 1.54) is 0 Å². The molecule has 0 aromatic rings. The van der Waals surface area contributed by atoms with Crippen molar-refractivity contribution in [2.45, 2.75) is 26.9 Å². The summed E-state index contributed by atoms with van der Waals surface area (Å²) in [6, 6.07) is 0. The Morgan fingerprint density at radius 3 is 2.27 bits per heavy atom. The Morgan fingerprint density at radius 1 is 1.55 bits per heavy atom. The van der Waals surface area contributed by atoms with Gasteiger partial charge in [-0.25, -0.2) is 4.39 Å². The highest BCUT2D eigenvalue weighted by Gasteiger charge is 2.41. The Labute approximate surface area is 66.2 Å². The van der Waals surface area contributed by atoms with Crippen molar-refractivity contribution in [1.82, 2.24) is 5.32 Å². The monoisotopic (exact) mass is 159 g/mol. The molecule has 1 aliphatic rings. The van der Waals surface area contributed by atoms with Crippen LogP contribution in [0.2, 0.25) is 0 Å². The summed E-state index contributed by atoms with van der Waals surface area (Å²) in [6.07, 6.45) is -1.31. The second kappa shape index (κ2) is 2.47. The average Bonchev–Trinajstić information content (AvgIpc) is 2.11. The summed E-state index contributed by atoms with van der Waals surface area (Å²) in [5, 5.41) is 2.51. The van der Waals surface area contributed by atoms with Crippen molar-refractivity contribution < 1.29 is 9.18 Å². The summed E-state index contributed by atoms with van der Waals surface area (Å²) in [7, 11) is 0. The Bertz CT molecular complexity index is 173. The lowest BCUT2D eigenvalue weighted by atomic mass is 9.79. The number of hydrogen-bond donors (Lipinski definition) is 1. The highest BCUT2D eigenvalue weighted by atomic mass is 19.1. The van der Waals surface area contributed by atoms with Crippen molar-refractivity contribution in [3.8, 4) is 0 Å². The van der Waals surface area contributed by atoms with Crippen molar-refractivity contribution in [3.05, 3.63) is 0 Å². The van der Waals surface area contributed by atoms with Gasteiger partial charge in [0.15, 0.2) is 6.17 Å². The van der Waals surface area contributed by atoms with Crippen LogP contribution in [0.3, 0.4) is 0 Å². The fourth-order valence-corrected chi connectivity index (χ4v) is 1.34. The van der Waals surface area contributed by atoms with Gasteiger partial charge in [0, 0.05) is 12.5 Å². The lowest BCUT2D eigenvalue weighted by Gasteiger charge is -2.26. The zero-order chi connectivity index (χ0) is 8.65. The minimum Gasteiger partial charge on any atom is -0.353 e. The fraction of sp³-hybridized carbons (Fsp3) is 0.875. The lowest BCUT2D eigenvalue weighted by Crippen LogP contribution is -2.29. The second-order valence-electron chi connectivity index (χ2n) is 4.12. The van der Waals surface area contributed by atoms with E-state index >= 15 is 0 Å². The predicted octanol–water partition coefficient (Wildman–Crippen LogP) is 1.12. The fourth-order valence-electron chi connectivity index (χ4n) is 1.34. The van der Waals surface area contributed by atoms with Gasteiger partial charge < -0.3 is 5.32 Å². The first-order valence-electron chi connectivity index (χ1n) is 3.84. The molecule has 64 valence electrons. The summed E-state index contributed by atoms with van der Waals surface area (Å²) in [4.78, 5) is 10.7. The van der Waals surface area contributed by atoms with Crippen molar-refractivity contribution in [1.29, 1.82) is 0 Å². The standard InChI is InChI=1S/C8H14FNO/c1-8(2,3)5-4-10-7(11)6(5)9/h5-6H,4H2,1-3H3,(H,10,11)/t5-,6+/m1/s1. The number of nitrogens with one attached hydrogen (secondary N) is 1. The van der Waals surface area contributed by atoms with E-state index in [1.54, 1.807) is 0 Å². The molecule has 1 heterocycles. The van der Waals surface area contributed by atoms with E-state index in [2.05, 4.69) is 5.32 Å². The van der Waals surface area contributed by atoms with Crippen molar-refractivity contribution in [2.24, 2.45) is 11.3 Å². The van der Waals surface area contributed by atoms with Gasteiger partial charge in [-0.3, -0.25) is 4.79 Å². The molecule has 11 heavy (non-hydrogen) atoms. The van der Waals surface area contributed by atoms with Crippen molar-refractivity contribution in [3.63, 3.8) is 0 Å². The first-order chi connectivity index (χ1) is 4.93. The molecular formula is C8H14FNO. The van der Waals surface area contributed by atoms with Crippen LogP contribution in [-0.4, -0.2) is 18.6 Å². The number of halogens is 1. The Hall–Kier alpha value is -0.600. The molecule has 0 aromatic heterocycles. The van der Waals surface area contributed by atoms with Crippen LogP contribution in [-0.2, 0) is 4.79 Å². The van der Waals surface area contributed by atoms with Gasteiger partial charge in [0.1, 0.15) is 0 Å². The molecule has 0 unspecified atom stereocenters. The third-order valence-electron chi connectivity index (χ3n) is 2.21. The number of amides is 1. The van der Waals surface area contributed by atoms with Crippen LogP contribution in [0.1, 0.15) is 20.8 Å². The molecule has 1 fully saturated rings. The van der Waals surface area contributed by atoms with Crippen LogP contribution in [0.15, 0.2) is 0 Å². The highest BCUT2D eigenvalue weighted by Crippen LogP contribution is 2.32. The smallest absolute Gasteiger partial charge is 0.254 e. The quantitative estimate of drug-likeness (QED) is 0.563. The number of alkyl halides is 1. The summed E-state index contributed by atoms with van der Waals surface area (Å²) >= 11 is 0. The predicted molar refractivity (Wildman–Crippen MR) is 40.9 cm³/mol. The largest absolute Gasteiger partial charge is 0.353 e. The summed E-state index contributed by atoms with van der Waals surface area (Å²) < 4.78 is 13.1. The van der Waals surface area contributed by atoms with Crippen LogP contribution in [0.5, 0.6) is 0 Å². The van der Waals surface area contributed by atoms with Gasteiger partial charge >= 0.3 is 0 Å². The molecule has 0 aromatic carbocycles. The number of carbonyl (C=O) groups excluding carboxylic acids is 1. The minimum absolute atomic E-state index is 0.126. The molecule has 3 heteroatoms. The van der Waals surface area contributed by atoms with Gasteiger partial charge in [-0.2, -0.15) is 0 Å². The zero-order valence-electron chi connectivity index (χ0n) is 7.15. The van der Waals surface area contributed by atoms with Gasteiger partial charge in [-0.1, -0.05) is 20.8 Å². The average molecular weight is 159 g/mol. The number of hydrogen-bond acceptors (Lipinski definition) is 1. The van der Waals surface area contributed by atoms with Gasteiger partial charge in [0.05, 0.1) is 0 Å². The summed E-state index contributed by atoms with van der Waals surface area (Å²) in [6.45, 7) is 6.32. The lowest BCUT2D eigenvalue weighted by molar-refractivity contribution is -0.124. The van der Waals surface area contributed by atoms with Gasteiger partial charge in [-0.05, 0) is 5.41 Å². The van der Waals surface area contributed by atoms with E-state index in [4.69, 9.17) is 0 Å². The molecule has 0 spiro atoms. The Morgan fingerprint density at radius 2 is 2.09 bits per heavy atom. The molecule has 1 N–H and O–H groups in total. The number of carbonyl (C=O) groups is 1. The first-order valence-corrected chi connectivity index (χ1v) is 3.84. The van der Waals surface area contributed by atoms with Gasteiger partial charge in [0.25, 0.3) is 5.91 Å². The van der Waals surface area contributed by atoms with Crippen molar-refractivity contribution in [2.75, 3.05) is 6.54 Å². The van der Waals surface area contributed by atoms with Crippen molar-refractivity contribution >= 4 is 5.91 Å². The van der Waals surface area contributed by atoms with Crippen LogP contribution < -0.4 is 5.32 Å². The van der Waals surface area contributed by atoms with E-state index in [-0.39, 0.29) is 11.3 Å². The molecule has 0 aliphatic carbocycles. The van der Waals surface area contributed by atoms with Gasteiger partial charge in [0.2, 0.25) is 0 Å². The van der Waals surface area contributed by atoms with E-state index < -0.39 is 12.1 Å². The van der Waals surface area contributed by atoms with E-state index in [0.29, 0.717) is 6.54 Å². The van der Waals surface area contributed by atoms with E-state index in [0.717, 1.165) is 0 Å². The maximum atomic E-state index is 13.1. The minimum atomic E-state index is -1.31. The molecule has 0 radical (unpaired) electrons. The summed E-state index contributed by atoms with van der Waals surface area (Å²) in [5.74, 6) is -0.625. The second-order valence-corrected chi connectivity index (χ2v) is 4.12. The maximum Gasteiger partial charge on any atom is 0.254 e. The molecule has 2 nitrogen and oxygen atoms in total. The van der Waals surface area contributed by atoms with Crippen LogP contribution in [0.4, 0.5) is 4.39 Å².